The third-order valence-electron chi connectivity index (χ3n) is 3.98. The van der Waals surface area contributed by atoms with Gasteiger partial charge in [0.1, 0.15) is 10.7 Å². The van der Waals surface area contributed by atoms with Gasteiger partial charge < -0.3 is 10.6 Å². The highest BCUT2D eigenvalue weighted by Gasteiger charge is 2.22. The minimum atomic E-state index is -3.68. The summed E-state index contributed by atoms with van der Waals surface area (Å²) in [6.07, 6.45) is 1.96. The topological polar surface area (TPSA) is 75.4 Å². The van der Waals surface area contributed by atoms with E-state index in [2.05, 4.69) is 16.5 Å². The lowest BCUT2D eigenvalue weighted by atomic mass is 9.97. The molecule has 0 spiro atoms. The summed E-state index contributed by atoms with van der Waals surface area (Å²) in [6, 6.07) is 3.33. The summed E-state index contributed by atoms with van der Waals surface area (Å²) in [7, 11) is -3.68. The van der Waals surface area contributed by atoms with Gasteiger partial charge in [0.15, 0.2) is 0 Å². The summed E-state index contributed by atoms with van der Waals surface area (Å²) in [4.78, 5) is 2.29. The summed E-state index contributed by atoms with van der Waals surface area (Å²) in [5, 5.41) is 0. The molecule has 0 saturated carbocycles. The third-order valence-corrected chi connectivity index (χ3v) is 5.48. The number of rotatable bonds is 5. The second-order valence-corrected chi connectivity index (χ2v) is 7.15. The van der Waals surface area contributed by atoms with Gasteiger partial charge in [-0.05, 0) is 56.6 Å². The molecule has 1 aromatic rings. The van der Waals surface area contributed by atoms with Crippen molar-refractivity contribution in [3.05, 3.63) is 24.0 Å². The summed E-state index contributed by atoms with van der Waals surface area (Å²) < 4.78 is 40.0. The minimum Gasteiger partial charge on any atom is -0.398 e. The van der Waals surface area contributed by atoms with Gasteiger partial charge >= 0.3 is 0 Å². The van der Waals surface area contributed by atoms with Gasteiger partial charge in [0.05, 0.1) is 5.69 Å². The number of nitrogen functional groups attached to an aromatic ring is 1. The zero-order valence-corrected chi connectivity index (χ0v) is 13.0. The van der Waals surface area contributed by atoms with Crippen LogP contribution in [0.3, 0.4) is 0 Å². The molecule has 0 amide bonds. The van der Waals surface area contributed by atoms with Crippen LogP contribution in [0, 0.1) is 11.7 Å². The van der Waals surface area contributed by atoms with Gasteiger partial charge in [0, 0.05) is 6.54 Å². The van der Waals surface area contributed by atoms with E-state index in [1.54, 1.807) is 0 Å². The average Bonchev–Trinajstić information content (AvgIpc) is 2.45. The molecular weight excluding hydrogens is 293 g/mol. The Morgan fingerprint density at radius 1 is 1.38 bits per heavy atom. The molecule has 1 fully saturated rings. The van der Waals surface area contributed by atoms with Crippen LogP contribution in [0.25, 0.3) is 0 Å². The van der Waals surface area contributed by atoms with E-state index >= 15 is 0 Å². The van der Waals surface area contributed by atoms with Crippen LogP contribution >= 0.6 is 0 Å². The van der Waals surface area contributed by atoms with E-state index < -0.39 is 15.8 Å². The van der Waals surface area contributed by atoms with Crippen LogP contribution in [0.4, 0.5) is 10.1 Å². The van der Waals surface area contributed by atoms with Gasteiger partial charge in [-0.1, -0.05) is 6.92 Å². The largest absolute Gasteiger partial charge is 0.398 e. The molecule has 1 heterocycles. The first-order valence-corrected chi connectivity index (χ1v) is 8.67. The van der Waals surface area contributed by atoms with Crippen LogP contribution in [-0.2, 0) is 10.0 Å². The molecule has 0 bridgehead atoms. The predicted molar refractivity (Wildman–Crippen MR) is 80.8 cm³/mol. The maximum Gasteiger partial charge on any atom is 0.242 e. The van der Waals surface area contributed by atoms with E-state index in [-0.39, 0.29) is 10.6 Å². The Morgan fingerprint density at radius 2 is 2.05 bits per heavy atom. The number of nitrogens with one attached hydrogen (secondary N) is 1. The highest BCUT2D eigenvalue weighted by Crippen LogP contribution is 2.21. The minimum absolute atomic E-state index is 0.0603. The molecule has 5 nitrogen and oxygen atoms in total. The van der Waals surface area contributed by atoms with E-state index in [4.69, 9.17) is 5.73 Å². The molecule has 0 radical (unpaired) electrons. The zero-order valence-electron chi connectivity index (χ0n) is 12.2. The first-order valence-electron chi connectivity index (χ1n) is 7.19. The number of anilines is 1. The van der Waals surface area contributed by atoms with E-state index in [9.17, 15) is 12.8 Å². The number of sulfonamides is 1. The van der Waals surface area contributed by atoms with Gasteiger partial charge in [-0.15, -0.1) is 0 Å². The molecule has 0 aliphatic carbocycles. The van der Waals surface area contributed by atoms with E-state index in [0.29, 0.717) is 12.5 Å². The van der Waals surface area contributed by atoms with Crippen LogP contribution in [0.15, 0.2) is 23.1 Å². The Bertz CT molecular complexity index is 584. The Balaban J connectivity index is 1.96. The molecule has 0 unspecified atom stereocenters. The number of nitrogens with two attached hydrogens (primary N) is 1. The first kappa shape index (κ1) is 16.2. The molecule has 1 aromatic carbocycles. The molecule has 7 heteroatoms. The fourth-order valence-corrected chi connectivity index (χ4v) is 3.80. The van der Waals surface area contributed by atoms with Crippen molar-refractivity contribution in [3.8, 4) is 0 Å². The van der Waals surface area contributed by atoms with Crippen molar-refractivity contribution < 1.29 is 12.8 Å². The Morgan fingerprint density at radius 3 is 2.62 bits per heavy atom. The van der Waals surface area contributed by atoms with Gasteiger partial charge in [-0.3, -0.25) is 0 Å². The highest BCUT2D eigenvalue weighted by atomic mass is 32.2. The SMILES string of the molecule is CCN1CCC(CNS(=O)(=O)c2ccc(F)cc2N)CC1. The molecule has 1 saturated heterocycles. The molecule has 1 aliphatic rings. The third kappa shape index (κ3) is 4.15. The Kier molecular flexibility index (Phi) is 5.18. The summed E-state index contributed by atoms with van der Waals surface area (Å²) in [5.41, 5.74) is 5.52. The second-order valence-electron chi connectivity index (χ2n) is 5.41. The van der Waals surface area contributed by atoms with Crippen LogP contribution in [0.1, 0.15) is 19.8 Å². The quantitative estimate of drug-likeness (QED) is 0.806. The van der Waals surface area contributed by atoms with Crippen molar-refractivity contribution in [1.29, 1.82) is 0 Å². The van der Waals surface area contributed by atoms with Crippen LogP contribution in [0.5, 0.6) is 0 Å². The lowest BCUT2D eigenvalue weighted by molar-refractivity contribution is 0.194. The van der Waals surface area contributed by atoms with E-state index in [1.807, 2.05) is 0 Å². The highest BCUT2D eigenvalue weighted by molar-refractivity contribution is 7.89. The molecule has 21 heavy (non-hydrogen) atoms. The van der Waals surface area contributed by atoms with Crippen molar-refractivity contribution in [2.45, 2.75) is 24.7 Å². The molecule has 118 valence electrons. The van der Waals surface area contributed by atoms with E-state index in [0.717, 1.165) is 44.6 Å². The molecule has 0 aromatic heterocycles. The van der Waals surface area contributed by atoms with Crippen molar-refractivity contribution in [3.63, 3.8) is 0 Å². The standard InChI is InChI=1S/C14H22FN3O2S/c1-2-18-7-5-11(6-8-18)10-17-21(19,20)14-4-3-12(15)9-13(14)16/h3-4,9,11,17H,2,5-8,10,16H2,1H3. The lowest BCUT2D eigenvalue weighted by Gasteiger charge is -2.31. The maximum atomic E-state index is 13.0. The smallest absolute Gasteiger partial charge is 0.242 e. The van der Waals surface area contributed by atoms with Crippen LogP contribution in [-0.4, -0.2) is 39.5 Å². The van der Waals surface area contributed by atoms with Crippen LogP contribution < -0.4 is 10.5 Å². The number of hydrogen-bond acceptors (Lipinski definition) is 4. The maximum absolute atomic E-state index is 13.0. The zero-order chi connectivity index (χ0) is 15.5. The second kappa shape index (κ2) is 6.72. The summed E-state index contributed by atoms with van der Waals surface area (Å²) in [6.45, 7) is 5.56. The van der Waals surface area contributed by atoms with Crippen LogP contribution in [0.2, 0.25) is 0 Å². The van der Waals surface area contributed by atoms with Crippen molar-refractivity contribution in [1.82, 2.24) is 9.62 Å². The van der Waals surface area contributed by atoms with E-state index in [1.165, 1.54) is 6.07 Å². The molecule has 2 rings (SSSR count). The average molecular weight is 315 g/mol. The Hall–Kier alpha value is -1.18. The van der Waals surface area contributed by atoms with Crippen molar-refractivity contribution in [2.24, 2.45) is 5.92 Å². The number of hydrogen-bond donors (Lipinski definition) is 2. The molecular formula is C14H22FN3O2S. The Labute approximate surface area is 125 Å². The summed E-state index contributed by atoms with van der Waals surface area (Å²) in [5.74, 6) is -0.206. The molecule has 3 N–H and O–H groups in total. The fourth-order valence-electron chi connectivity index (χ4n) is 2.58. The van der Waals surface area contributed by atoms with Gasteiger partial charge in [-0.2, -0.15) is 0 Å². The molecule has 0 atom stereocenters. The lowest BCUT2D eigenvalue weighted by Crippen LogP contribution is -2.38. The number of halogens is 1. The number of likely N-dealkylation sites (tertiary alicyclic amines) is 1. The summed E-state index contributed by atoms with van der Waals surface area (Å²) >= 11 is 0. The fraction of sp³-hybridized carbons (Fsp3) is 0.571. The van der Waals surface area contributed by atoms with Gasteiger partial charge in [-0.25, -0.2) is 17.5 Å². The van der Waals surface area contributed by atoms with Gasteiger partial charge in [0.2, 0.25) is 10.0 Å². The predicted octanol–water partition coefficient (Wildman–Crippen LogP) is 1.42. The number of piperidine rings is 1. The van der Waals surface area contributed by atoms with Crippen molar-refractivity contribution in [2.75, 3.05) is 31.9 Å². The monoisotopic (exact) mass is 315 g/mol. The number of benzene rings is 1. The number of nitrogens with zero attached hydrogens (tertiary/aromatic N) is 1. The van der Waals surface area contributed by atoms with Crippen molar-refractivity contribution >= 4 is 15.7 Å². The first-order chi connectivity index (χ1) is 9.92. The normalized spacial score (nSPS) is 18.0. The van der Waals surface area contributed by atoms with Gasteiger partial charge in [0.25, 0.3) is 0 Å². The molecule has 1 aliphatic heterocycles.